The zero-order valence-electron chi connectivity index (χ0n) is 11.2. The zero-order valence-corrected chi connectivity index (χ0v) is 14.3. The molecule has 0 atom stereocenters. The number of hydrogen-bond acceptors (Lipinski definition) is 6. The van der Waals surface area contributed by atoms with Crippen LogP contribution in [-0.2, 0) is 28.7 Å². The Morgan fingerprint density at radius 1 is 0.789 bits per heavy atom. The van der Waals surface area contributed by atoms with Crippen molar-refractivity contribution < 1.29 is 90.2 Å². The van der Waals surface area contributed by atoms with Crippen molar-refractivity contribution in [3.8, 4) is 0 Å². The van der Waals surface area contributed by atoms with E-state index in [0.717, 1.165) is 0 Å². The fraction of sp³-hybridized carbons (Fsp3) is 0.600. The van der Waals surface area contributed by atoms with Crippen LogP contribution in [0.25, 0.3) is 0 Å². The Balaban J connectivity index is -0.000000256. The third-order valence-corrected chi connectivity index (χ3v) is 1.20. The zero-order chi connectivity index (χ0) is 14.6. The molecule has 0 saturated carbocycles. The molecule has 0 radical (unpaired) electrons. The molecule has 0 amide bonds. The van der Waals surface area contributed by atoms with E-state index in [-0.39, 0.29) is 64.6 Å². The molecule has 0 aromatic carbocycles. The molecule has 0 spiro atoms. The number of ether oxygens (including phenoxy) is 2. The molecule has 0 aromatic heterocycles. The van der Waals surface area contributed by atoms with Gasteiger partial charge >= 0.3 is 75.3 Å². The fourth-order valence-electron chi connectivity index (χ4n) is 0.671. The second kappa shape index (κ2) is 15.6. The van der Waals surface area contributed by atoms with E-state index in [1.54, 1.807) is 13.8 Å². The molecular formula is C10H16KO8+. The summed E-state index contributed by atoms with van der Waals surface area (Å²) in [7, 11) is 0. The van der Waals surface area contributed by atoms with Crippen molar-refractivity contribution in [2.75, 3.05) is 13.2 Å². The van der Waals surface area contributed by atoms with Crippen LogP contribution in [-0.4, -0.2) is 47.3 Å². The van der Waals surface area contributed by atoms with Crippen LogP contribution >= 0.6 is 0 Å². The predicted octanol–water partition coefficient (Wildman–Crippen LogP) is -2.95. The Morgan fingerprint density at radius 2 is 1.05 bits per heavy atom. The van der Waals surface area contributed by atoms with E-state index < -0.39 is 36.7 Å². The van der Waals surface area contributed by atoms with Crippen molar-refractivity contribution in [3.63, 3.8) is 0 Å². The summed E-state index contributed by atoms with van der Waals surface area (Å²) in [4.78, 5) is 40.1. The predicted molar refractivity (Wildman–Crippen MR) is 57.8 cm³/mol. The summed E-state index contributed by atoms with van der Waals surface area (Å²) in [6, 6.07) is 0. The first-order chi connectivity index (χ1) is 8.33. The van der Waals surface area contributed by atoms with Crippen molar-refractivity contribution in [1.29, 1.82) is 0 Å². The van der Waals surface area contributed by atoms with Crippen molar-refractivity contribution in [2.24, 2.45) is 0 Å². The average molecular weight is 303 g/mol. The normalized spacial score (nSPS) is 8.11. The maximum Gasteiger partial charge on any atom is 1.00 e. The van der Waals surface area contributed by atoms with E-state index in [0.29, 0.717) is 0 Å². The van der Waals surface area contributed by atoms with Gasteiger partial charge in [-0.2, -0.15) is 0 Å². The van der Waals surface area contributed by atoms with Crippen LogP contribution in [0, 0.1) is 0 Å². The van der Waals surface area contributed by atoms with Gasteiger partial charge in [-0.15, -0.1) is 0 Å². The monoisotopic (exact) mass is 303 g/mol. The second-order valence-electron chi connectivity index (χ2n) is 2.75. The standard InChI is InChI=1S/2C5H8O4.K/c2*1-2-9-5(8)3-4(6)7;/h2*2-3H2,1H3,(H,6,7);/q;;+1. The molecule has 0 aliphatic rings. The van der Waals surface area contributed by atoms with Crippen LogP contribution < -0.4 is 51.4 Å². The summed E-state index contributed by atoms with van der Waals surface area (Å²) in [5.74, 6) is -3.70. The number of carboxylic acid groups (broad SMARTS) is 2. The van der Waals surface area contributed by atoms with Gasteiger partial charge in [-0.1, -0.05) is 0 Å². The van der Waals surface area contributed by atoms with Gasteiger partial charge in [0.25, 0.3) is 0 Å². The SMILES string of the molecule is CCOC(=O)CC(=O)O.CCOC(=O)CC(=O)O.[K+]. The number of carboxylic acids is 2. The second-order valence-corrected chi connectivity index (χ2v) is 2.75. The molecule has 19 heavy (non-hydrogen) atoms. The molecule has 9 heteroatoms. The first-order valence-corrected chi connectivity index (χ1v) is 5.08. The molecule has 0 aliphatic heterocycles. The quantitative estimate of drug-likeness (QED) is 0.303. The molecule has 0 unspecified atom stereocenters. The third kappa shape index (κ3) is 23.1. The van der Waals surface area contributed by atoms with Crippen molar-refractivity contribution in [2.45, 2.75) is 26.7 Å². The topological polar surface area (TPSA) is 127 Å². The fourth-order valence-corrected chi connectivity index (χ4v) is 0.671. The minimum atomic E-state index is -1.16. The van der Waals surface area contributed by atoms with Crippen LogP contribution in [0.15, 0.2) is 0 Å². The maximum absolute atomic E-state index is 10.3. The van der Waals surface area contributed by atoms with Gasteiger partial charge in [0, 0.05) is 0 Å². The van der Waals surface area contributed by atoms with E-state index in [1.807, 2.05) is 0 Å². The summed E-state index contributed by atoms with van der Waals surface area (Å²) >= 11 is 0. The van der Waals surface area contributed by atoms with Crippen molar-refractivity contribution in [1.82, 2.24) is 0 Å². The molecule has 0 aliphatic carbocycles. The van der Waals surface area contributed by atoms with Gasteiger partial charge in [-0.25, -0.2) is 0 Å². The van der Waals surface area contributed by atoms with Crippen LogP contribution in [0.1, 0.15) is 26.7 Å². The van der Waals surface area contributed by atoms with E-state index >= 15 is 0 Å². The maximum atomic E-state index is 10.3. The smallest absolute Gasteiger partial charge is 0.481 e. The van der Waals surface area contributed by atoms with Gasteiger partial charge in [-0.3, -0.25) is 19.2 Å². The summed E-state index contributed by atoms with van der Waals surface area (Å²) in [5, 5.41) is 16.0. The molecule has 0 aromatic rings. The Bertz CT molecular complexity index is 272. The molecule has 0 bridgehead atoms. The number of carbonyl (C=O) groups is 4. The van der Waals surface area contributed by atoms with E-state index in [4.69, 9.17) is 10.2 Å². The molecule has 104 valence electrons. The van der Waals surface area contributed by atoms with Gasteiger partial charge in [-0.05, 0) is 13.8 Å². The minimum Gasteiger partial charge on any atom is -0.481 e. The van der Waals surface area contributed by atoms with Crippen molar-refractivity contribution in [3.05, 3.63) is 0 Å². The number of esters is 2. The Morgan fingerprint density at radius 3 is 1.21 bits per heavy atom. The van der Waals surface area contributed by atoms with Gasteiger partial charge in [0.2, 0.25) is 0 Å². The Labute approximate surface area is 152 Å². The van der Waals surface area contributed by atoms with Gasteiger partial charge in [0.1, 0.15) is 12.8 Å². The first kappa shape index (κ1) is 23.6. The number of carbonyl (C=O) groups excluding carboxylic acids is 2. The van der Waals surface area contributed by atoms with Gasteiger partial charge in [0.15, 0.2) is 0 Å². The minimum absolute atomic E-state index is 0. The average Bonchev–Trinajstić information content (AvgIpc) is 2.16. The van der Waals surface area contributed by atoms with Crippen LogP contribution in [0.4, 0.5) is 0 Å². The molecule has 2 N–H and O–H groups in total. The number of aliphatic carboxylic acids is 2. The van der Waals surface area contributed by atoms with Gasteiger partial charge in [0.05, 0.1) is 13.2 Å². The molecule has 0 heterocycles. The van der Waals surface area contributed by atoms with Crippen LogP contribution in [0.2, 0.25) is 0 Å². The third-order valence-electron chi connectivity index (χ3n) is 1.20. The molecule has 0 rings (SSSR count). The Hall–Kier alpha value is -0.484. The molecule has 0 fully saturated rings. The van der Waals surface area contributed by atoms with Gasteiger partial charge < -0.3 is 19.7 Å². The Kier molecular flexibility index (Phi) is 19.3. The number of hydrogen-bond donors (Lipinski definition) is 2. The van der Waals surface area contributed by atoms with E-state index in [1.165, 1.54) is 0 Å². The van der Waals surface area contributed by atoms with Crippen LogP contribution in [0.5, 0.6) is 0 Å². The summed E-state index contributed by atoms with van der Waals surface area (Å²) < 4.78 is 8.67. The first-order valence-electron chi connectivity index (χ1n) is 5.08. The number of rotatable bonds is 6. The molecule has 8 nitrogen and oxygen atoms in total. The van der Waals surface area contributed by atoms with E-state index in [9.17, 15) is 19.2 Å². The molecule has 0 saturated heterocycles. The molecular weight excluding hydrogens is 287 g/mol. The van der Waals surface area contributed by atoms with Crippen molar-refractivity contribution >= 4 is 23.9 Å². The summed E-state index contributed by atoms with van der Waals surface area (Å²) in [6.45, 7) is 3.71. The summed E-state index contributed by atoms with van der Waals surface area (Å²) in [6.07, 6.45) is -1.10. The van der Waals surface area contributed by atoms with Crippen LogP contribution in [0.3, 0.4) is 0 Å². The summed E-state index contributed by atoms with van der Waals surface area (Å²) in [5.41, 5.74) is 0. The van der Waals surface area contributed by atoms with E-state index in [2.05, 4.69) is 9.47 Å². The largest absolute Gasteiger partial charge is 1.00 e.